The normalized spacial score (nSPS) is 27.6. The fourth-order valence-corrected chi connectivity index (χ4v) is 2.53. The van der Waals surface area contributed by atoms with Crippen molar-refractivity contribution in [3.8, 4) is 0 Å². The largest absolute Gasteiger partial charge is 0.458 e. The van der Waals surface area contributed by atoms with Crippen LogP contribution >= 0.6 is 0 Å². The van der Waals surface area contributed by atoms with E-state index >= 15 is 0 Å². The van der Waals surface area contributed by atoms with Gasteiger partial charge in [-0.05, 0) is 12.3 Å². The number of carbonyl (C=O) groups is 1. The number of ether oxygens (including phenoxy) is 1. The highest BCUT2D eigenvalue weighted by atomic mass is 16.5. The van der Waals surface area contributed by atoms with Gasteiger partial charge in [-0.25, -0.2) is 9.59 Å². The molecule has 1 saturated carbocycles. The molecule has 124 valence electrons. The molecule has 1 fully saturated rings. The van der Waals surface area contributed by atoms with Crippen molar-refractivity contribution in [1.82, 2.24) is 0 Å². The van der Waals surface area contributed by atoms with Crippen molar-refractivity contribution in [3.05, 3.63) is 55.2 Å². The van der Waals surface area contributed by atoms with Crippen LogP contribution in [0, 0.1) is 11.8 Å². The van der Waals surface area contributed by atoms with E-state index in [1.165, 1.54) is 18.2 Å². The van der Waals surface area contributed by atoms with Crippen LogP contribution in [-0.4, -0.2) is 40.9 Å². The molecule has 0 spiro atoms. The molecule has 1 rings (SSSR count). The molecular weight excluding hydrogens is 296 g/mol. The summed E-state index contributed by atoms with van der Waals surface area (Å²) < 4.78 is 4.76. The molecule has 0 unspecified atom stereocenters. The van der Waals surface area contributed by atoms with E-state index in [2.05, 4.69) is 6.58 Å². The third-order valence-electron chi connectivity index (χ3n) is 3.63. The number of hydrogen-bond acceptors (Lipinski definition) is 5. The monoisotopic (exact) mass is 318 g/mol. The van der Waals surface area contributed by atoms with E-state index in [9.17, 15) is 19.8 Å². The number of aliphatic hydroxyl groups excluding tert-OH is 2. The Balaban J connectivity index is 2.52. The number of esters is 1. The molecule has 0 bridgehead atoms. The van der Waals surface area contributed by atoms with Crippen molar-refractivity contribution < 1.29 is 24.5 Å². The highest BCUT2D eigenvalue weighted by molar-refractivity contribution is 5.82. The first-order valence-electron chi connectivity index (χ1n) is 7.44. The lowest BCUT2D eigenvalue weighted by molar-refractivity contribution is -0.136. The maximum Gasteiger partial charge on any atom is 0.331 e. The summed E-state index contributed by atoms with van der Waals surface area (Å²) in [5.74, 6) is 0.829. The number of aliphatic hydroxyl groups is 2. The fraction of sp³-hybridized carbons (Fsp3) is 0.389. The topological polar surface area (TPSA) is 83.8 Å². The Labute approximate surface area is 136 Å². The van der Waals surface area contributed by atoms with E-state index in [1.807, 2.05) is 0 Å². The summed E-state index contributed by atoms with van der Waals surface area (Å²) in [5.41, 5.74) is 0. The molecule has 5 nitrogen and oxygen atoms in total. The van der Waals surface area contributed by atoms with Crippen molar-refractivity contribution in [2.45, 2.75) is 25.0 Å². The van der Waals surface area contributed by atoms with E-state index < -0.39 is 18.2 Å². The van der Waals surface area contributed by atoms with Gasteiger partial charge in [-0.1, -0.05) is 43.0 Å². The Kier molecular flexibility index (Phi) is 8.62. The van der Waals surface area contributed by atoms with Gasteiger partial charge in [0.2, 0.25) is 0 Å². The molecule has 0 aromatic heterocycles. The maximum atomic E-state index is 11.2. The summed E-state index contributed by atoms with van der Waals surface area (Å²) >= 11 is 0. The van der Waals surface area contributed by atoms with E-state index in [4.69, 9.17) is 4.74 Å². The van der Waals surface area contributed by atoms with Gasteiger partial charge in [0, 0.05) is 24.5 Å². The zero-order chi connectivity index (χ0) is 17.1. The second-order valence-corrected chi connectivity index (χ2v) is 5.22. The van der Waals surface area contributed by atoms with Gasteiger partial charge in [0.15, 0.2) is 0 Å². The van der Waals surface area contributed by atoms with Crippen molar-refractivity contribution in [3.63, 3.8) is 0 Å². The predicted molar refractivity (Wildman–Crippen MR) is 87.1 cm³/mol. The number of carbonyl (C=O) groups excluding carboxylic acids is 2. The Hall–Kier alpha value is -2.20. The van der Waals surface area contributed by atoms with Gasteiger partial charge in [0.1, 0.15) is 12.5 Å². The van der Waals surface area contributed by atoms with Crippen LogP contribution in [0.15, 0.2) is 55.2 Å². The molecule has 1 aliphatic rings. The van der Waals surface area contributed by atoms with Crippen LogP contribution in [0.5, 0.6) is 0 Å². The number of rotatable bonds is 8. The smallest absolute Gasteiger partial charge is 0.331 e. The highest BCUT2D eigenvalue weighted by Crippen LogP contribution is 2.35. The van der Waals surface area contributed by atoms with Gasteiger partial charge < -0.3 is 14.9 Å². The molecule has 1 aliphatic carbocycles. The zero-order valence-corrected chi connectivity index (χ0v) is 12.9. The molecule has 23 heavy (non-hydrogen) atoms. The third-order valence-corrected chi connectivity index (χ3v) is 3.63. The van der Waals surface area contributed by atoms with Crippen molar-refractivity contribution in [2.24, 2.45) is 11.8 Å². The first-order chi connectivity index (χ1) is 11.1. The average molecular weight is 318 g/mol. The van der Waals surface area contributed by atoms with Gasteiger partial charge in [0.05, 0.1) is 12.2 Å². The lowest BCUT2D eigenvalue weighted by Crippen LogP contribution is -2.19. The molecule has 0 amide bonds. The standard InChI is InChI=1S/C18H22O5/c1-2-12-23-18(22)10-6-4-3-5-8-14-15(9-7-11-19)17(21)13-16(14)20/h2-8,10,14-17,20-21H,1,9,12-13H2/t14-,15+,16-,17+/m1/s1. The molecule has 2 N–H and O–H groups in total. The lowest BCUT2D eigenvalue weighted by atomic mass is 9.90. The molecule has 0 radical (unpaired) electrons. The molecule has 0 aromatic carbocycles. The minimum atomic E-state index is -0.635. The van der Waals surface area contributed by atoms with Crippen LogP contribution in [0.4, 0.5) is 0 Å². The van der Waals surface area contributed by atoms with E-state index in [0.717, 1.165) is 0 Å². The highest BCUT2D eigenvalue weighted by Gasteiger charge is 2.39. The number of allylic oxidation sites excluding steroid dienone is 5. The van der Waals surface area contributed by atoms with Crippen LogP contribution in [0.2, 0.25) is 0 Å². The summed E-state index contributed by atoms with van der Waals surface area (Å²) in [6.45, 7) is 3.61. The van der Waals surface area contributed by atoms with Crippen molar-refractivity contribution in [2.75, 3.05) is 6.61 Å². The van der Waals surface area contributed by atoms with Gasteiger partial charge in [-0.2, -0.15) is 0 Å². The van der Waals surface area contributed by atoms with Crippen molar-refractivity contribution in [1.29, 1.82) is 0 Å². The van der Waals surface area contributed by atoms with E-state index in [0.29, 0.717) is 12.8 Å². The average Bonchev–Trinajstić information content (AvgIpc) is 2.80. The SMILES string of the molecule is C=CCOC(=O)C=CC=CC=C[C@@H]1[C@H](CC=C=O)[C@@H](O)C[C@H]1O. The Morgan fingerprint density at radius 1 is 1.22 bits per heavy atom. The van der Waals surface area contributed by atoms with Crippen LogP contribution in [0.3, 0.4) is 0 Å². The first kappa shape index (κ1) is 18.8. The number of hydrogen-bond donors (Lipinski definition) is 2. The quantitative estimate of drug-likeness (QED) is 0.233. The summed E-state index contributed by atoms with van der Waals surface area (Å²) in [5, 5.41) is 19.9. The van der Waals surface area contributed by atoms with Gasteiger partial charge in [-0.3, -0.25) is 0 Å². The Morgan fingerprint density at radius 2 is 1.96 bits per heavy atom. The van der Waals surface area contributed by atoms with Gasteiger partial charge in [0.25, 0.3) is 0 Å². The van der Waals surface area contributed by atoms with Crippen LogP contribution < -0.4 is 0 Å². The third kappa shape index (κ3) is 6.61. The zero-order valence-electron chi connectivity index (χ0n) is 12.9. The summed E-state index contributed by atoms with van der Waals surface area (Å²) in [4.78, 5) is 21.5. The Morgan fingerprint density at radius 3 is 2.65 bits per heavy atom. The fourth-order valence-electron chi connectivity index (χ4n) is 2.53. The van der Waals surface area contributed by atoms with E-state index in [-0.39, 0.29) is 18.4 Å². The minimum Gasteiger partial charge on any atom is -0.458 e. The molecule has 0 saturated heterocycles. The first-order valence-corrected chi connectivity index (χ1v) is 7.44. The van der Waals surface area contributed by atoms with Crippen LogP contribution in [0.1, 0.15) is 12.8 Å². The van der Waals surface area contributed by atoms with Gasteiger partial charge in [-0.15, -0.1) is 0 Å². The maximum absolute atomic E-state index is 11.2. The second kappa shape index (κ2) is 10.5. The minimum absolute atomic E-state index is 0.172. The van der Waals surface area contributed by atoms with Gasteiger partial charge >= 0.3 is 5.97 Å². The molecule has 0 heterocycles. The van der Waals surface area contributed by atoms with Crippen LogP contribution in [0.25, 0.3) is 0 Å². The van der Waals surface area contributed by atoms with Crippen LogP contribution in [-0.2, 0) is 14.3 Å². The molecule has 0 aliphatic heterocycles. The molecule has 4 atom stereocenters. The summed E-state index contributed by atoms with van der Waals surface area (Å²) in [7, 11) is 0. The second-order valence-electron chi connectivity index (χ2n) is 5.22. The predicted octanol–water partition coefficient (Wildman–Crippen LogP) is 1.52. The molecule has 0 aromatic rings. The van der Waals surface area contributed by atoms with Crippen molar-refractivity contribution >= 4 is 11.9 Å². The molecule has 5 heteroatoms. The lowest BCUT2D eigenvalue weighted by Gasteiger charge is -2.18. The van der Waals surface area contributed by atoms with E-state index in [1.54, 1.807) is 36.3 Å². The molecular formula is C18H22O5. The summed E-state index contributed by atoms with van der Waals surface area (Å²) in [6, 6.07) is 0. The summed E-state index contributed by atoms with van der Waals surface area (Å²) in [6.07, 6.45) is 12.0. The Bertz CT molecular complexity index is 526.